The summed E-state index contributed by atoms with van der Waals surface area (Å²) in [6, 6.07) is 9.42. The Labute approximate surface area is 69.3 Å². The molecule has 0 aliphatic rings. The van der Waals surface area contributed by atoms with Crippen LogP contribution in [0, 0.1) is 0 Å². The smallest absolute Gasteiger partial charge is 0.155 e. The molecule has 12 heavy (non-hydrogen) atoms. The molecule has 0 N–H and O–H groups in total. The molecule has 0 spiro atoms. The summed E-state index contributed by atoms with van der Waals surface area (Å²) in [6.07, 6.45) is 0.811. The molecule has 1 heterocycles. The van der Waals surface area contributed by atoms with E-state index in [0.717, 1.165) is 5.56 Å². The number of aromatic nitrogens is 1. The van der Waals surface area contributed by atoms with E-state index >= 15 is 0 Å². The maximum atomic E-state index is 10.6. The van der Waals surface area contributed by atoms with E-state index in [1.54, 1.807) is 0 Å². The van der Waals surface area contributed by atoms with Crippen molar-refractivity contribution >= 4 is 0 Å². The summed E-state index contributed by atoms with van der Waals surface area (Å²) in [6.45, 7) is 0. The highest BCUT2D eigenvalue weighted by Crippen LogP contribution is 2.18. The number of hydrogen-bond donors (Lipinski definition) is 0. The highest BCUT2D eigenvalue weighted by molar-refractivity contribution is 5.57. The third-order valence-electron chi connectivity index (χ3n) is 1.55. The molecule has 0 fully saturated rings. The molecule has 0 saturated heterocycles. The van der Waals surface area contributed by atoms with Crippen molar-refractivity contribution in [2.24, 2.45) is 0 Å². The minimum absolute atomic E-state index is 0.547. The van der Waals surface area contributed by atoms with Gasteiger partial charge >= 0.3 is 0 Å². The van der Waals surface area contributed by atoms with Gasteiger partial charge in [0.05, 0.1) is 5.69 Å². The first kappa shape index (κ1) is 6.91. The van der Waals surface area contributed by atoms with Gasteiger partial charge in [-0.2, -0.15) is 0 Å². The number of hydrogen-bond acceptors (Lipinski definition) is 3. The predicted octanol–water partition coefficient (Wildman–Crippen LogP) is 1.42. The van der Waals surface area contributed by atoms with Crippen LogP contribution in [0.3, 0.4) is 0 Å². The van der Waals surface area contributed by atoms with Gasteiger partial charge in [-0.3, -0.25) is 0 Å². The zero-order valence-electron chi connectivity index (χ0n) is 6.23. The lowest BCUT2D eigenvalue weighted by molar-refractivity contribution is -0.300. The zero-order valence-corrected chi connectivity index (χ0v) is 6.23. The van der Waals surface area contributed by atoms with E-state index in [2.05, 4.69) is 9.40 Å². The Morgan fingerprint density at radius 3 is 2.50 bits per heavy atom. The molecule has 0 amide bonds. The van der Waals surface area contributed by atoms with E-state index in [9.17, 15) is 5.11 Å². The van der Waals surface area contributed by atoms with Crippen molar-refractivity contribution in [2.45, 2.75) is 0 Å². The molecule has 0 saturated carbocycles. The quantitative estimate of drug-likeness (QED) is 0.633. The molecule has 0 radical (unpaired) electrons. The molecule has 3 nitrogen and oxygen atoms in total. The van der Waals surface area contributed by atoms with E-state index in [4.69, 9.17) is 0 Å². The molecule has 2 aromatic rings. The van der Waals surface area contributed by atoms with Crippen LogP contribution in [0.25, 0.3) is 11.3 Å². The van der Waals surface area contributed by atoms with Gasteiger partial charge in [0.2, 0.25) is 0 Å². The van der Waals surface area contributed by atoms with Gasteiger partial charge in [0.1, 0.15) is 0 Å². The van der Waals surface area contributed by atoms with Crippen LogP contribution < -0.4 is 5.11 Å². The fourth-order valence-corrected chi connectivity index (χ4v) is 0.999. The topological polar surface area (TPSA) is 49.1 Å². The second kappa shape index (κ2) is 2.70. The Kier molecular flexibility index (Phi) is 1.55. The van der Waals surface area contributed by atoms with Crippen molar-refractivity contribution in [1.29, 1.82) is 0 Å². The average molecular weight is 160 g/mol. The van der Waals surface area contributed by atoms with Crippen LogP contribution in [-0.4, -0.2) is 4.98 Å². The monoisotopic (exact) mass is 160 g/mol. The van der Waals surface area contributed by atoms with Crippen LogP contribution in [0.5, 0.6) is 6.08 Å². The van der Waals surface area contributed by atoms with E-state index in [-0.39, 0.29) is 0 Å². The highest BCUT2D eigenvalue weighted by Gasteiger charge is 1.96. The minimum Gasteiger partial charge on any atom is -0.572 e. The summed E-state index contributed by atoms with van der Waals surface area (Å²) in [4.78, 5) is 3.66. The molecule has 3 heteroatoms. The summed E-state index contributed by atoms with van der Waals surface area (Å²) < 4.78 is 4.55. The molecular formula is C9H6NO2-. The van der Waals surface area contributed by atoms with Crippen molar-refractivity contribution in [2.75, 3.05) is 0 Å². The standard InChI is InChI=1S/C9H7NO2/c11-9-10-8(6-12-9)7-4-2-1-3-5-7/h1-6H,(H,10,11)/p-1. The third kappa shape index (κ3) is 1.16. The molecule has 60 valence electrons. The summed E-state index contributed by atoms with van der Waals surface area (Å²) in [5.74, 6) is 0. The number of nitrogens with zero attached hydrogens (tertiary/aromatic N) is 1. The van der Waals surface area contributed by atoms with Gasteiger partial charge in [-0.25, -0.2) is 4.98 Å². The summed E-state index contributed by atoms with van der Waals surface area (Å²) >= 11 is 0. The fraction of sp³-hybridized carbons (Fsp3) is 0. The Hall–Kier alpha value is -1.77. The Morgan fingerprint density at radius 1 is 1.17 bits per heavy atom. The van der Waals surface area contributed by atoms with Gasteiger partial charge in [0.15, 0.2) is 6.08 Å². The van der Waals surface area contributed by atoms with Crippen LogP contribution in [-0.2, 0) is 0 Å². The van der Waals surface area contributed by atoms with Gasteiger partial charge in [-0.1, -0.05) is 30.3 Å². The van der Waals surface area contributed by atoms with Crippen molar-refractivity contribution < 1.29 is 9.52 Å². The SMILES string of the molecule is [O-]c1nc(-c2ccccc2)co1. The van der Waals surface area contributed by atoms with Gasteiger partial charge in [-0.15, -0.1) is 0 Å². The van der Waals surface area contributed by atoms with Crippen LogP contribution in [0.15, 0.2) is 41.0 Å². The van der Waals surface area contributed by atoms with Crippen molar-refractivity contribution in [3.63, 3.8) is 0 Å². The average Bonchev–Trinajstić information content (AvgIpc) is 2.54. The normalized spacial score (nSPS) is 10.0. The maximum Gasteiger partial charge on any atom is 0.155 e. The lowest BCUT2D eigenvalue weighted by Gasteiger charge is -1.93. The molecular weight excluding hydrogens is 154 g/mol. The molecule has 0 atom stereocenters. The second-order valence-corrected chi connectivity index (χ2v) is 2.36. The van der Waals surface area contributed by atoms with Crippen molar-refractivity contribution in [1.82, 2.24) is 4.98 Å². The van der Waals surface area contributed by atoms with Crippen LogP contribution in [0.2, 0.25) is 0 Å². The fourth-order valence-electron chi connectivity index (χ4n) is 0.999. The minimum atomic E-state index is -0.547. The largest absolute Gasteiger partial charge is 0.572 e. The summed E-state index contributed by atoms with van der Waals surface area (Å²) in [5, 5.41) is 10.6. The molecule has 0 bridgehead atoms. The second-order valence-electron chi connectivity index (χ2n) is 2.36. The lowest BCUT2D eigenvalue weighted by atomic mass is 10.2. The maximum absolute atomic E-state index is 10.6. The van der Waals surface area contributed by atoms with Crippen LogP contribution in [0.1, 0.15) is 0 Å². The first-order valence-corrected chi connectivity index (χ1v) is 3.54. The molecule has 0 aliphatic carbocycles. The van der Waals surface area contributed by atoms with E-state index in [0.29, 0.717) is 5.69 Å². The van der Waals surface area contributed by atoms with E-state index in [1.807, 2.05) is 30.3 Å². The van der Waals surface area contributed by atoms with E-state index < -0.39 is 6.08 Å². The first-order chi connectivity index (χ1) is 5.86. The van der Waals surface area contributed by atoms with Crippen molar-refractivity contribution in [3.8, 4) is 17.3 Å². The number of rotatable bonds is 1. The molecule has 2 rings (SSSR count). The Balaban J connectivity index is 2.45. The summed E-state index contributed by atoms with van der Waals surface area (Å²) in [5.41, 5.74) is 1.48. The highest BCUT2D eigenvalue weighted by atomic mass is 16.5. The van der Waals surface area contributed by atoms with Crippen LogP contribution >= 0.6 is 0 Å². The molecule has 0 unspecified atom stereocenters. The lowest BCUT2D eigenvalue weighted by Crippen LogP contribution is -1.87. The molecule has 0 aliphatic heterocycles. The molecule has 1 aromatic heterocycles. The van der Waals surface area contributed by atoms with Gasteiger partial charge in [0.25, 0.3) is 0 Å². The number of benzene rings is 1. The third-order valence-corrected chi connectivity index (χ3v) is 1.55. The first-order valence-electron chi connectivity index (χ1n) is 3.54. The van der Waals surface area contributed by atoms with Gasteiger partial charge in [-0.05, 0) is 0 Å². The van der Waals surface area contributed by atoms with Crippen molar-refractivity contribution in [3.05, 3.63) is 36.6 Å². The van der Waals surface area contributed by atoms with Gasteiger partial charge in [0, 0.05) is 11.8 Å². The Bertz CT molecular complexity index is 367. The predicted molar refractivity (Wildman–Crippen MR) is 41.4 cm³/mol. The molecule has 1 aromatic carbocycles. The summed E-state index contributed by atoms with van der Waals surface area (Å²) in [7, 11) is 0. The van der Waals surface area contributed by atoms with E-state index in [1.165, 1.54) is 6.26 Å². The van der Waals surface area contributed by atoms with Gasteiger partial charge < -0.3 is 9.52 Å². The number of oxazole rings is 1. The van der Waals surface area contributed by atoms with Crippen LogP contribution in [0.4, 0.5) is 0 Å². The Morgan fingerprint density at radius 2 is 1.92 bits per heavy atom. The zero-order chi connectivity index (χ0) is 8.39.